The first-order chi connectivity index (χ1) is 11.3. The molecular weight excluding hydrogens is 396 g/mol. The van der Waals surface area contributed by atoms with Crippen LogP contribution in [-0.4, -0.2) is 71.7 Å². The molecule has 2 heterocycles. The van der Waals surface area contributed by atoms with Gasteiger partial charge in [-0.05, 0) is 45.9 Å². The standard InChI is InChI=1S/C14H23F3N6O.2ClH/c1-22(10-14(15,16)17)8-2-5-19-13(24)12-9-23(21-20-12)11-3-6-18-7-4-11;;/h9,11,18H,2-8,10H2,1H3,(H,19,24);2*1H. The van der Waals surface area contributed by atoms with Crippen LogP contribution in [0.1, 0.15) is 35.8 Å². The van der Waals surface area contributed by atoms with Gasteiger partial charge in [0.1, 0.15) is 0 Å². The Morgan fingerprint density at radius 1 is 1.38 bits per heavy atom. The molecule has 0 aliphatic carbocycles. The maximum atomic E-state index is 12.2. The molecule has 1 aromatic heterocycles. The average Bonchev–Trinajstić information content (AvgIpc) is 3.00. The number of hydrogen-bond acceptors (Lipinski definition) is 5. The van der Waals surface area contributed by atoms with E-state index in [1.807, 2.05) is 0 Å². The maximum Gasteiger partial charge on any atom is 0.401 e. The Morgan fingerprint density at radius 3 is 2.65 bits per heavy atom. The van der Waals surface area contributed by atoms with Gasteiger partial charge in [-0.1, -0.05) is 5.21 Å². The van der Waals surface area contributed by atoms with E-state index in [2.05, 4.69) is 20.9 Å². The summed E-state index contributed by atoms with van der Waals surface area (Å²) >= 11 is 0. The van der Waals surface area contributed by atoms with Crippen LogP contribution in [0.4, 0.5) is 13.2 Å². The first kappa shape index (κ1) is 24.9. The van der Waals surface area contributed by atoms with E-state index >= 15 is 0 Å². The number of rotatable bonds is 7. The van der Waals surface area contributed by atoms with Gasteiger partial charge in [-0.25, -0.2) is 4.68 Å². The number of hydrogen-bond donors (Lipinski definition) is 2. The predicted molar refractivity (Wildman–Crippen MR) is 96.2 cm³/mol. The summed E-state index contributed by atoms with van der Waals surface area (Å²) in [5.74, 6) is -0.353. The molecule has 0 saturated carbocycles. The maximum absolute atomic E-state index is 12.2. The van der Waals surface area contributed by atoms with E-state index in [0.29, 0.717) is 13.0 Å². The van der Waals surface area contributed by atoms with Crippen molar-refractivity contribution in [2.24, 2.45) is 0 Å². The molecule has 1 aromatic rings. The highest BCUT2D eigenvalue weighted by atomic mass is 35.5. The second-order valence-corrected chi connectivity index (χ2v) is 6.03. The van der Waals surface area contributed by atoms with E-state index in [0.717, 1.165) is 25.9 Å². The van der Waals surface area contributed by atoms with Crippen molar-refractivity contribution in [3.63, 3.8) is 0 Å². The van der Waals surface area contributed by atoms with Crippen molar-refractivity contribution in [2.75, 3.05) is 39.8 Å². The van der Waals surface area contributed by atoms with Crippen LogP contribution in [0, 0.1) is 0 Å². The summed E-state index contributed by atoms with van der Waals surface area (Å²) in [6.07, 6.45) is -0.265. The van der Waals surface area contributed by atoms with E-state index in [1.165, 1.54) is 11.9 Å². The van der Waals surface area contributed by atoms with Crippen LogP contribution < -0.4 is 10.6 Å². The Bertz CT molecular complexity index is 537. The van der Waals surface area contributed by atoms with Crippen LogP contribution in [0.15, 0.2) is 6.20 Å². The van der Waals surface area contributed by atoms with Gasteiger partial charge < -0.3 is 10.6 Å². The molecule has 0 atom stereocenters. The van der Waals surface area contributed by atoms with Gasteiger partial charge in [0, 0.05) is 6.54 Å². The third-order valence-electron chi connectivity index (χ3n) is 3.88. The minimum absolute atomic E-state index is 0. The highest BCUT2D eigenvalue weighted by Gasteiger charge is 2.28. The van der Waals surface area contributed by atoms with Gasteiger partial charge in [-0.15, -0.1) is 29.9 Å². The minimum Gasteiger partial charge on any atom is -0.351 e. The Labute approximate surface area is 162 Å². The summed E-state index contributed by atoms with van der Waals surface area (Å²) < 4.78 is 38.3. The van der Waals surface area contributed by atoms with Crippen molar-refractivity contribution in [2.45, 2.75) is 31.5 Å². The lowest BCUT2D eigenvalue weighted by molar-refractivity contribution is -0.143. The van der Waals surface area contributed by atoms with E-state index < -0.39 is 12.7 Å². The number of halogens is 5. The molecule has 0 aromatic carbocycles. The van der Waals surface area contributed by atoms with Crippen molar-refractivity contribution < 1.29 is 18.0 Å². The lowest BCUT2D eigenvalue weighted by Gasteiger charge is -2.22. The zero-order chi connectivity index (χ0) is 17.6. The summed E-state index contributed by atoms with van der Waals surface area (Å²) in [4.78, 5) is 13.2. The van der Waals surface area contributed by atoms with Crippen molar-refractivity contribution in [1.82, 2.24) is 30.5 Å². The van der Waals surface area contributed by atoms with Crippen molar-refractivity contribution in [1.29, 1.82) is 0 Å². The van der Waals surface area contributed by atoms with Crippen LogP contribution in [0.25, 0.3) is 0 Å². The number of carbonyl (C=O) groups is 1. The number of carbonyl (C=O) groups excluding carboxylic acids is 1. The van der Waals surface area contributed by atoms with E-state index in [4.69, 9.17) is 0 Å². The summed E-state index contributed by atoms with van der Waals surface area (Å²) in [5, 5.41) is 13.8. The van der Waals surface area contributed by atoms with Crippen LogP contribution in [0.5, 0.6) is 0 Å². The number of nitrogens with one attached hydrogen (secondary N) is 2. The second kappa shape index (κ2) is 11.6. The predicted octanol–water partition coefficient (Wildman–Crippen LogP) is 1.66. The zero-order valence-corrected chi connectivity index (χ0v) is 16.1. The third-order valence-corrected chi connectivity index (χ3v) is 3.88. The van der Waals surface area contributed by atoms with Crippen LogP contribution >= 0.6 is 24.8 Å². The lowest BCUT2D eigenvalue weighted by Crippen LogP contribution is -2.33. The van der Waals surface area contributed by atoms with Gasteiger partial charge in [-0.2, -0.15) is 13.2 Å². The Balaban J connectivity index is 0.00000312. The monoisotopic (exact) mass is 420 g/mol. The van der Waals surface area contributed by atoms with Crippen LogP contribution in [0.2, 0.25) is 0 Å². The van der Waals surface area contributed by atoms with Gasteiger partial charge in [0.25, 0.3) is 5.91 Å². The highest BCUT2D eigenvalue weighted by molar-refractivity contribution is 5.91. The molecule has 1 fully saturated rings. The first-order valence-electron chi connectivity index (χ1n) is 8.01. The summed E-state index contributed by atoms with van der Waals surface area (Å²) in [6, 6.07) is 0.247. The number of piperidine rings is 1. The normalized spacial score (nSPS) is 15.3. The molecule has 12 heteroatoms. The topological polar surface area (TPSA) is 75.1 Å². The Hall–Kier alpha value is -1.10. The summed E-state index contributed by atoms with van der Waals surface area (Å²) in [6.45, 7) is 1.42. The molecule has 26 heavy (non-hydrogen) atoms. The molecule has 152 valence electrons. The smallest absolute Gasteiger partial charge is 0.351 e. The van der Waals surface area contributed by atoms with Gasteiger partial charge >= 0.3 is 6.18 Å². The fraction of sp³-hybridized carbons (Fsp3) is 0.786. The molecule has 1 amide bonds. The zero-order valence-electron chi connectivity index (χ0n) is 14.5. The van der Waals surface area contributed by atoms with Crippen LogP contribution in [-0.2, 0) is 0 Å². The molecule has 7 nitrogen and oxygen atoms in total. The fourth-order valence-electron chi connectivity index (χ4n) is 2.66. The molecule has 0 spiro atoms. The van der Waals surface area contributed by atoms with Gasteiger partial charge in [0.2, 0.25) is 0 Å². The molecule has 0 unspecified atom stereocenters. The second-order valence-electron chi connectivity index (χ2n) is 6.03. The van der Waals surface area contributed by atoms with E-state index in [9.17, 15) is 18.0 Å². The lowest BCUT2D eigenvalue weighted by atomic mass is 10.1. The minimum atomic E-state index is -4.20. The molecule has 1 saturated heterocycles. The van der Waals surface area contributed by atoms with Crippen molar-refractivity contribution in [3.05, 3.63) is 11.9 Å². The molecule has 0 bridgehead atoms. The van der Waals surface area contributed by atoms with Crippen molar-refractivity contribution >= 4 is 30.7 Å². The molecule has 2 rings (SSSR count). The summed E-state index contributed by atoms with van der Waals surface area (Å²) in [5.41, 5.74) is 0.233. The fourth-order valence-corrected chi connectivity index (χ4v) is 2.66. The largest absolute Gasteiger partial charge is 0.401 e. The quantitative estimate of drug-likeness (QED) is 0.656. The van der Waals surface area contributed by atoms with Gasteiger partial charge in [0.15, 0.2) is 5.69 Å². The number of nitrogens with zero attached hydrogens (tertiary/aromatic N) is 4. The molecule has 0 radical (unpaired) electrons. The third kappa shape index (κ3) is 8.52. The first-order valence-corrected chi connectivity index (χ1v) is 8.01. The van der Waals surface area contributed by atoms with E-state index in [1.54, 1.807) is 10.9 Å². The SMILES string of the molecule is CN(CCCNC(=O)c1cn(C2CCNCC2)nn1)CC(F)(F)F.Cl.Cl. The van der Waals surface area contributed by atoms with Gasteiger partial charge in [0.05, 0.1) is 18.8 Å². The molecular formula is C14H25Cl2F3N6O. The van der Waals surface area contributed by atoms with E-state index in [-0.39, 0.29) is 49.0 Å². The van der Waals surface area contributed by atoms with Crippen molar-refractivity contribution in [3.8, 4) is 0 Å². The Morgan fingerprint density at radius 2 is 2.04 bits per heavy atom. The Kier molecular flexibility index (Phi) is 11.1. The number of aromatic nitrogens is 3. The average molecular weight is 421 g/mol. The number of alkyl halides is 3. The van der Waals surface area contributed by atoms with Gasteiger partial charge in [-0.3, -0.25) is 9.69 Å². The molecule has 2 N–H and O–H groups in total. The summed E-state index contributed by atoms with van der Waals surface area (Å²) in [7, 11) is 1.40. The highest BCUT2D eigenvalue weighted by Crippen LogP contribution is 2.17. The van der Waals surface area contributed by atoms with Crippen LogP contribution in [0.3, 0.4) is 0 Å². The molecule has 1 aliphatic heterocycles. The number of amides is 1. The molecule has 1 aliphatic rings.